The van der Waals surface area contributed by atoms with Crippen LogP contribution in [0.15, 0.2) is 24.4 Å². The number of hydroxylamine groups is 2. The number of ether oxygens (including phenoxy) is 1. The van der Waals surface area contributed by atoms with Gasteiger partial charge in [0, 0.05) is 26.2 Å². The molecule has 0 radical (unpaired) electrons. The third-order valence-corrected chi connectivity index (χ3v) is 5.30. The number of nitrogens with one attached hydrogen (secondary N) is 2. The number of anilines is 2. The summed E-state index contributed by atoms with van der Waals surface area (Å²) in [6.07, 6.45) is 0.487. The molecule has 0 bridgehead atoms. The van der Waals surface area contributed by atoms with Crippen molar-refractivity contribution in [1.29, 1.82) is 0 Å². The molecule has 2 N–H and O–H groups in total. The van der Waals surface area contributed by atoms with Crippen molar-refractivity contribution in [3.63, 3.8) is 0 Å². The summed E-state index contributed by atoms with van der Waals surface area (Å²) < 4.78 is 20.2. The number of amides is 3. The molecule has 2 aliphatic rings. The van der Waals surface area contributed by atoms with Gasteiger partial charge in [0.15, 0.2) is 0 Å². The first-order valence-electron chi connectivity index (χ1n) is 10.5. The minimum Gasteiger partial charge on any atom is -0.442 e. The highest BCUT2D eigenvalue weighted by molar-refractivity contribution is 5.90. The minimum absolute atomic E-state index is 0.0500. The maximum Gasteiger partial charge on any atom is 0.414 e. The summed E-state index contributed by atoms with van der Waals surface area (Å²) in [4.78, 5) is 44.3. The first kappa shape index (κ1) is 22.5. The van der Waals surface area contributed by atoms with Gasteiger partial charge in [0.05, 0.1) is 49.7 Å². The largest absolute Gasteiger partial charge is 0.442 e. The number of carbonyl (C=O) groups is 3. The molecule has 12 nitrogen and oxygen atoms in total. The summed E-state index contributed by atoms with van der Waals surface area (Å²) in [6.45, 7) is 2.98. The highest BCUT2D eigenvalue weighted by Gasteiger charge is 2.33. The van der Waals surface area contributed by atoms with E-state index in [0.717, 1.165) is 0 Å². The topological polar surface area (TPSA) is 133 Å². The molecule has 3 amide bonds. The zero-order chi connectivity index (χ0) is 23.4. The number of hydrogen-bond donors (Lipinski definition) is 2. The van der Waals surface area contributed by atoms with Crippen molar-refractivity contribution in [1.82, 2.24) is 25.8 Å². The highest BCUT2D eigenvalue weighted by atomic mass is 19.1. The van der Waals surface area contributed by atoms with Crippen LogP contribution in [0.2, 0.25) is 0 Å². The van der Waals surface area contributed by atoms with Crippen LogP contribution in [-0.2, 0) is 25.6 Å². The molecule has 3 heterocycles. The van der Waals surface area contributed by atoms with Gasteiger partial charge in [-0.1, -0.05) is 5.21 Å². The molecule has 1 atom stereocenters. The molecular formula is C20H24FN7O5. The molecule has 2 saturated heterocycles. The number of carbonyl (C=O) groups excluding carboxylic acids is 3. The van der Waals surface area contributed by atoms with Crippen LogP contribution in [0.1, 0.15) is 12.6 Å². The zero-order valence-corrected chi connectivity index (χ0v) is 18.0. The van der Waals surface area contributed by atoms with Crippen molar-refractivity contribution in [2.75, 3.05) is 49.1 Å². The van der Waals surface area contributed by atoms with Gasteiger partial charge in [0.2, 0.25) is 5.91 Å². The Kier molecular flexibility index (Phi) is 6.68. The number of aromatic amines is 1. The van der Waals surface area contributed by atoms with Gasteiger partial charge < -0.3 is 15.0 Å². The van der Waals surface area contributed by atoms with E-state index in [1.165, 1.54) is 29.2 Å². The van der Waals surface area contributed by atoms with Crippen LogP contribution in [0.4, 0.5) is 20.6 Å². The molecule has 176 valence electrons. The lowest BCUT2D eigenvalue weighted by Crippen LogP contribution is -2.35. The van der Waals surface area contributed by atoms with Crippen molar-refractivity contribution < 1.29 is 28.3 Å². The number of aromatic nitrogens is 3. The van der Waals surface area contributed by atoms with E-state index in [2.05, 4.69) is 20.7 Å². The molecule has 2 fully saturated rings. The first-order valence-corrected chi connectivity index (χ1v) is 10.5. The Morgan fingerprint density at radius 1 is 1.30 bits per heavy atom. The summed E-state index contributed by atoms with van der Waals surface area (Å²) in [5, 5.41) is 13.8. The van der Waals surface area contributed by atoms with Crippen LogP contribution in [0.5, 0.6) is 0 Å². The van der Waals surface area contributed by atoms with Crippen LogP contribution in [0.25, 0.3) is 0 Å². The smallest absolute Gasteiger partial charge is 0.414 e. The monoisotopic (exact) mass is 461 g/mol. The molecule has 13 heteroatoms. The predicted octanol–water partition coefficient (Wildman–Crippen LogP) is 0.228. The van der Waals surface area contributed by atoms with Gasteiger partial charge in [0.1, 0.15) is 11.9 Å². The summed E-state index contributed by atoms with van der Waals surface area (Å²) in [5.41, 5.74) is 1.21. The Bertz CT molecular complexity index is 1020. The lowest BCUT2D eigenvalue weighted by atomic mass is 10.2. The predicted molar refractivity (Wildman–Crippen MR) is 113 cm³/mol. The minimum atomic E-state index is -0.595. The van der Waals surface area contributed by atoms with Crippen molar-refractivity contribution in [2.45, 2.75) is 19.4 Å². The van der Waals surface area contributed by atoms with Crippen molar-refractivity contribution in [3.05, 3.63) is 35.9 Å². The van der Waals surface area contributed by atoms with Crippen LogP contribution in [-0.4, -0.2) is 83.8 Å². The molecule has 1 aromatic carbocycles. The molecule has 0 unspecified atom stereocenters. The Morgan fingerprint density at radius 3 is 2.88 bits per heavy atom. The first-order chi connectivity index (χ1) is 15.9. The summed E-state index contributed by atoms with van der Waals surface area (Å²) in [6, 6.07) is 4.50. The molecular weight excluding hydrogens is 437 g/mol. The van der Waals surface area contributed by atoms with Crippen LogP contribution < -0.4 is 15.1 Å². The Labute approximate surface area is 188 Å². The van der Waals surface area contributed by atoms with Gasteiger partial charge in [-0.2, -0.15) is 0 Å². The maximum absolute atomic E-state index is 15.0. The van der Waals surface area contributed by atoms with E-state index in [1.807, 2.05) is 0 Å². The van der Waals surface area contributed by atoms with E-state index >= 15 is 0 Å². The second kappa shape index (κ2) is 9.81. The number of H-pyrrole nitrogens is 1. The van der Waals surface area contributed by atoms with Crippen LogP contribution >= 0.6 is 0 Å². The van der Waals surface area contributed by atoms with E-state index in [0.29, 0.717) is 30.2 Å². The lowest BCUT2D eigenvalue weighted by Gasteiger charge is -2.24. The Morgan fingerprint density at radius 2 is 2.15 bits per heavy atom. The second-order valence-electron chi connectivity index (χ2n) is 7.65. The average Bonchev–Trinajstić information content (AvgIpc) is 3.35. The van der Waals surface area contributed by atoms with Gasteiger partial charge in [-0.3, -0.25) is 24.4 Å². The third-order valence-electron chi connectivity index (χ3n) is 5.30. The third kappa shape index (κ3) is 5.37. The standard InChI is InChI=1S/C20H24FN7O5/c1-13(29)22-11-16-12-27(20(31)33-16)15-2-3-18(17(21)9-15)26-4-5-28(32-7-6-26)19(30)8-14-10-23-25-24-14/h2-3,9-10,16H,4-8,11-12H2,1H3,(H,22,29)(H,23,24,25)/t16-/m0/s1. The molecule has 4 rings (SSSR count). The van der Waals surface area contributed by atoms with Gasteiger partial charge in [-0.25, -0.2) is 14.2 Å². The molecule has 33 heavy (non-hydrogen) atoms. The lowest BCUT2D eigenvalue weighted by molar-refractivity contribution is -0.181. The highest BCUT2D eigenvalue weighted by Crippen LogP contribution is 2.28. The molecule has 2 aliphatic heterocycles. The van der Waals surface area contributed by atoms with Gasteiger partial charge in [-0.05, 0) is 18.2 Å². The average molecular weight is 461 g/mol. The number of halogens is 1. The van der Waals surface area contributed by atoms with E-state index in [4.69, 9.17) is 9.57 Å². The number of rotatable bonds is 6. The quantitative estimate of drug-likeness (QED) is 0.625. The van der Waals surface area contributed by atoms with E-state index < -0.39 is 18.0 Å². The van der Waals surface area contributed by atoms with Gasteiger partial charge in [0.25, 0.3) is 5.91 Å². The molecule has 0 spiro atoms. The SMILES string of the molecule is CC(=O)NC[C@H]1CN(c2ccc(N3CCON(C(=O)Cc4c[nH]nn4)CC3)c(F)c2)C(=O)O1. The molecule has 0 aliphatic carbocycles. The van der Waals surface area contributed by atoms with E-state index in [9.17, 15) is 18.8 Å². The van der Waals surface area contributed by atoms with Gasteiger partial charge in [-0.15, -0.1) is 5.10 Å². The molecule has 1 aromatic heterocycles. The number of nitrogens with zero attached hydrogens (tertiary/aromatic N) is 5. The second-order valence-corrected chi connectivity index (χ2v) is 7.65. The van der Waals surface area contributed by atoms with E-state index in [1.54, 1.807) is 17.0 Å². The molecule has 0 saturated carbocycles. The number of benzene rings is 1. The molecule has 2 aromatic rings. The van der Waals surface area contributed by atoms with Crippen molar-refractivity contribution >= 4 is 29.3 Å². The summed E-state index contributed by atoms with van der Waals surface area (Å²) >= 11 is 0. The number of cyclic esters (lactones) is 1. The fourth-order valence-electron chi connectivity index (χ4n) is 3.66. The normalized spacial score (nSPS) is 18.8. The van der Waals surface area contributed by atoms with Crippen LogP contribution in [0.3, 0.4) is 0 Å². The Balaban J connectivity index is 1.37. The summed E-state index contributed by atoms with van der Waals surface area (Å²) in [7, 11) is 0. The number of hydrogen-bond acceptors (Lipinski definition) is 8. The fourth-order valence-corrected chi connectivity index (χ4v) is 3.66. The Hall–Kier alpha value is -3.74. The fraction of sp³-hybridized carbons (Fsp3) is 0.450. The zero-order valence-electron chi connectivity index (χ0n) is 18.0. The van der Waals surface area contributed by atoms with Gasteiger partial charge >= 0.3 is 6.09 Å². The summed E-state index contributed by atoms with van der Waals surface area (Å²) in [5.74, 6) is -0.990. The maximum atomic E-state index is 15.0. The van der Waals surface area contributed by atoms with Crippen LogP contribution in [0, 0.1) is 5.82 Å². The van der Waals surface area contributed by atoms with Crippen molar-refractivity contribution in [2.24, 2.45) is 0 Å². The van der Waals surface area contributed by atoms with Crippen molar-refractivity contribution in [3.8, 4) is 0 Å². The van der Waals surface area contributed by atoms with E-state index in [-0.39, 0.29) is 44.5 Å².